The third kappa shape index (κ3) is 2.19. The van der Waals surface area contributed by atoms with Crippen molar-refractivity contribution in [2.45, 2.75) is 12.0 Å². The zero-order chi connectivity index (χ0) is 13.4. The molecule has 1 aliphatic rings. The molecule has 0 radical (unpaired) electrons. The second kappa shape index (κ2) is 4.62. The Morgan fingerprint density at radius 1 is 1.37 bits per heavy atom. The summed E-state index contributed by atoms with van der Waals surface area (Å²) in [5, 5.41) is 0. The molecule has 19 heavy (non-hydrogen) atoms. The third-order valence-corrected chi connectivity index (χ3v) is 3.51. The van der Waals surface area contributed by atoms with Gasteiger partial charge in [-0.2, -0.15) is 0 Å². The lowest BCUT2D eigenvalue weighted by Crippen LogP contribution is -2.29. The number of anilines is 1. The average molecular weight is 261 g/mol. The smallest absolute Gasteiger partial charge is 0.165 e. The Bertz CT molecular complexity index is 582. The number of imidazole rings is 1. The molecule has 2 aromatic heterocycles. The highest BCUT2D eigenvalue weighted by Gasteiger charge is 2.34. The van der Waals surface area contributed by atoms with Crippen molar-refractivity contribution in [1.82, 2.24) is 14.5 Å². The Morgan fingerprint density at radius 3 is 2.89 bits per heavy atom. The van der Waals surface area contributed by atoms with Crippen LogP contribution in [0.1, 0.15) is 11.6 Å². The van der Waals surface area contributed by atoms with Gasteiger partial charge in [0.05, 0.1) is 12.0 Å². The summed E-state index contributed by atoms with van der Waals surface area (Å²) in [6, 6.07) is 2.95. The van der Waals surface area contributed by atoms with E-state index in [2.05, 4.69) is 9.97 Å². The van der Waals surface area contributed by atoms with Crippen molar-refractivity contribution in [2.24, 2.45) is 12.8 Å². The number of aromatic nitrogens is 3. The number of nitrogens with two attached hydrogens (primary N) is 1. The fourth-order valence-corrected chi connectivity index (χ4v) is 2.55. The van der Waals surface area contributed by atoms with Gasteiger partial charge in [-0.1, -0.05) is 0 Å². The standard InChI is InChI=1S/C13H16FN5/c1-18-7-12(17-8-18)9-5-19(6-11(9)15)13-10(14)3-2-4-16-13/h2-4,7-9,11H,5-6,15H2,1H3/t9-,11-/m1/s1. The normalized spacial score (nSPS) is 23.0. The molecule has 1 aliphatic heterocycles. The van der Waals surface area contributed by atoms with Crippen LogP contribution in [0, 0.1) is 5.82 Å². The van der Waals surface area contributed by atoms with E-state index in [4.69, 9.17) is 5.73 Å². The van der Waals surface area contributed by atoms with E-state index < -0.39 is 0 Å². The molecule has 0 saturated carbocycles. The van der Waals surface area contributed by atoms with Gasteiger partial charge in [0, 0.05) is 44.5 Å². The second-order valence-electron chi connectivity index (χ2n) is 4.95. The number of hydrogen-bond acceptors (Lipinski definition) is 4. The number of rotatable bonds is 2. The summed E-state index contributed by atoms with van der Waals surface area (Å²) in [7, 11) is 1.92. The van der Waals surface area contributed by atoms with Gasteiger partial charge >= 0.3 is 0 Å². The molecule has 2 N–H and O–H groups in total. The Balaban J connectivity index is 1.84. The molecular weight excluding hydrogens is 245 g/mol. The topological polar surface area (TPSA) is 60.0 Å². The molecule has 0 aromatic carbocycles. The monoisotopic (exact) mass is 261 g/mol. The number of nitrogens with zero attached hydrogens (tertiary/aromatic N) is 4. The minimum atomic E-state index is -0.309. The van der Waals surface area contributed by atoms with E-state index in [1.165, 1.54) is 6.07 Å². The highest BCUT2D eigenvalue weighted by atomic mass is 19.1. The largest absolute Gasteiger partial charge is 0.352 e. The van der Waals surface area contributed by atoms with Gasteiger partial charge in [-0.05, 0) is 12.1 Å². The van der Waals surface area contributed by atoms with Crippen LogP contribution in [-0.4, -0.2) is 33.7 Å². The average Bonchev–Trinajstić information content (AvgIpc) is 2.96. The van der Waals surface area contributed by atoms with Crippen LogP contribution in [0.15, 0.2) is 30.9 Å². The summed E-state index contributed by atoms with van der Waals surface area (Å²) in [6.45, 7) is 1.24. The van der Waals surface area contributed by atoms with Gasteiger partial charge in [0.2, 0.25) is 0 Å². The SMILES string of the molecule is Cn1cnc([C@@H]2CN(c3ncccc3F)C[C@H]2N)c1. The van der Waals surface area contributed by atoms with E-state index in [0.717, 1.165) is 5.69 Å². The molecule has 3 heterocycles. The van der Waals surface area contributed by atoms with Crippen molar-refractivity contribution in [1.29, 1.82) is 0 Å². The second-order valence-corrected chi connectivity index (χ2v) is 4.95. The molecule has 1 fully saturated rings. The van der Waals surface area contributed by atoms with Crippen molar-refractivity contribution >= 4 is 5.82 Å². The molecule has 5 nitrogen and oxygen atoms in total. The van der Waals surface area contributed by atoms with Crippen LogP contribution in [0.4, 0.5) is 10.2 Å². The molecule has 0 amide bonds. The molecule has 6 heteroatoms. The van der Waals surface area contributed by atoms with Crippen molar-refractivity contribution in [3.05, 3.63) is 42.4 Å². The first-order valence-corrected chi connectivity index (χ1v) is 6.24. The molecule has 0 bridgehead atoms. The van der Waals surface area contributed by atoms with Gasteiger partial charge in [-0.25, -0.2) is 14.4 Å². The quantitative estimate of drug-likeness (QED) is 0.872. The predicted molar refractivity (Wildman–Crippen MR) is 70.3 cm³/mol. The zero-order valence-corrected chi connectivity index (χ0v) is 10.7. The van der Waals surface area contributed by atoms with E-state index in [1.807, 2.05) is 22.7 Å². The lowest BCUT2D eigenvalue weighted by Gasteiger charge is -2.17. The van der Waals surface area contributed by atoms with Gasteiger partial charge in [0.1, 0.15) is 0 Å². The maximum Gasteiger partial charge on any atom is 0.165 e. The summed E-state index contributed by atoms with van der Waals surface area (Å²) in [5.41, 5.74) is 7.11. The lowest BCUT2D eigenvalue weighted by atomic mass is 10.0. The number of hydrogen-bond donors (Lipinski definition) is 1. The van der Waals surface area contributed by atoms with Crippen LogP contribution in [0.5, 0.6) is 0 Å². The first-order chi connectivity index (χ1) is 9.15. The molecule has 100 valence electrons. The summed E-state index contributed by atoms with van der Waals surface area (Å²) in [6.07, 6.45) is 5.31. The van der Waals surface area contributed by atoms with E-state index in [-0.39, 0.29) is 17.8 Å². The van der Waals surface area contributed by atoms with Gasteiger partial charge in [-0.15, -0.1) is 0 Å². The lowest BCUT2D eigenvalue weighted by molar-refractivity contribution is 0.615. The molecule has 3 rings (SSSR count). The molecule has 0 spiro atoms. The fraction of sp³-hybridized carbons (Fsp3) is 0.385. The Morgan fingerprint density at radius 2 is 2.21 bits per heavy atom. The number of pyridine rings is 1. The van der Waals surface area contributed by atoms with E-state index in [1.54, 1.807) is 18.6 Å². The first-order valence-electron chi connectivity index (χ1n) is 6.24. The van der Waals surface area contributed by atoms with Crippen LogP contribution in [0.3, 0.4) is 0 Å². The summed E-state index contributed by atoms with van der Waals surface area (Å²) in [5.74, 6) is 0.176. The third-order valence-electron chi connectivity index (χ3n) is 3.51. The van der Waals surface area contributed by atoms with Crippen molar-refractivity contribution < 1.29 is 4.39 Å². The van der Waals surface area contributed by atoms with Crippen LogP contribution >= 0.6 is 0 Å². The summed E-state index contributed by atoms with van der Waals surface area (Å²) < 4.78 is 15.6. The minimum absolute atomic E-state index is 0.0590. The minimum Gasteiger partial charge on any atom is -0.352 e. The van der Waals surface area contributed by atoms with Crippen molar-refractivity contribution in [3.8, 4) is 0 Å². The van der Waals surface area contributed by atoms with E-state index >= 15 is 0 Å². The van der Waals surface area contributed by atoms with Crippen LogP contribution in [0.2, 0.25) is 0 Å². The Hall–Kier alpha value is -1.95. The molecule has 0 aliphatic carbocycles. The van der Waals surface area contributed by atoms with Crippen LogP contribution in [-0.2, 0) is 7.05 Å². The van der Waals surface area contributed by atoms with Crippen LogP contribution in [0.25, 0.3) is 0 Å². The van der Waals surface area contributed by atoms with Gasteiger partial charge in [0.25, 0.3) is 0 Å². The van der Waals surface area contributed by atoms with Crippen LogP contribution < -0.4 is 10.6 Å². The number of halogens is 1. The zero-order valence-electron chi connectivity index (χ0n) is 10.7. The maximum atomic E-state index is 13.7. The Labute approximate surface area is 110 Å². The highest BCUT2D eigenvalue weighted by Crippen LogP contribution is 2.29. The van der Waals surface area contributed by atoms with E-state index in [9.17, 15) is 4.39 Å². The molecule has 0 unspecified atom stereocenters. The molecule has 1 saturated heterocycles. The molecule has 2 atom stereocenters. The Kier molecular flexibility index (Phi) is 2.94. The highest BCUT2D eigenvalue weighted by molar-refractivity contribution is 5.43. The van der Waals surface area contributed by atoms with Crippen molar-refractivity contribution in [2.75, 3.05) is 18.0 Å². The fourth-order valence-electron chi connectivity index (χ4n) is 2.55. The predicted octanol–water partition coefficient (Wildman–Crippen LogP) is 0.885. The van der Waals surface area contributed by atoms with Gasteiger partial charge in [-0.3, -0.25) is 0 Å². The summed E-state index contributed by atoms with van der Waals surface area (Å²) >= 11 is 0. The first kappa shape index (κ1) is 12.1. The maximum absolute atomic E-state index is 13.7. The molecule has 2 aromatic rings. The van der Waals surface area contributed by atoms with Gasteiger partial charge in [0.15, 0.2) is 11.6 Å². The van der Waals surface area contributed by atoms with Gasteiger partial charge < -0.3 is 15.2 Å². The van der Waals surface area contributed by atoms with E-state index in [0.29, 0.717) is 18.9 Å². The summed E-state index contributed by atoms with van der Waals surface area (Å²) in [4.78, 5) is 10.3. The van der Waals surface area contributed by atoms with Crippen molar-refractivity contribution in [3.63, 3.8) is 0 Å². The number of aryl methyl sites for hydroxylation is 1. The molecular formula is C13H16FN5.